The van der Waals surface area contributed by atoms with E-state index in [-0.39, 0.29) is 0 Å². The Labute approximate surface area is 156 Å². The van der Waals surface area contributed by atoms with Crippen molar-refractivity contribution < 1.29 is 0 Å². The van der Waals surface area contributed by atoms with Crippen molar-refractivity contribution in [3.8, 4) is 11.1 Å². The van der Waals surface area contributed by atoms with Gasteiger partial charge in [-0.1, -0.05) is 6.92 Å². The number of nitrogens with one attached hydrogen (secondary N) is 1. The van der Waals surface area contributed by atoms with Crippen LogP contribution in [0, 0.1) is 5.92 Å². The zero-order chi connectivity index (χ0) is 17.8. The minimum absolute atomic E-state index is 0.516. The highest BCUT2D eigenvalue weighted by Gasteiger charge is 2.18. The monoisotopic (exact) mass is 351 g/mol. The van der Waals surface area contributed by atoms with E-state index in [0.717, 1.165) is 41.9 Å². The van der Waals surface area contributed by atoms with Crippen LogP contribution in [0.15, 0.2) is 30.7 Å². The van der Waals surface area contributed by atoms with Crippen molar-refractivity contribution in [2.45, 2.75) is 57.9 Å². The number of pyridine rings is 1. The van der Waals surface area contributed by atoms with E-state index in [2.05, 4.69) is 44.2 Å². The van der Waals surface area contributed by atoms with Gasteiger partial charge in [0.15, 0.2) is 0 Å². The molecule has 2 aromatic rings. The average molecular weight is 351 g/mol. The predicted molar refractivity (Wildman–Crippen MR) is 106 cm³/mol. The maximum atomic E-state index is 4.66. The Morgan fingerprint density at radius 3 is 2.19 bits per heavy atom. The highest BCUT2D eigenvalue weighted by atomic mass is 15.2. The van der Waals surface area contributed by atoms with Gasteiger partial charge in [0.25, 0.3) is 0 Å². The molecule has 0 atom stereocenters. The smallest absolute Gasteiger partial charge is 0.222 e. The molecule has 5 nitrogen and oxygen atoms in total. The molecule has 1 N–H and O–H groups in total. The van der Waals surface area contributed by atoms with Crippen molar-refractivity contribution in [3.63, 3.8) is 0 Å². The van der Waals surface area contributed by atoms with Gasteiger partial charge in [0.05, 0.1) is 0 Å². The quantitative estimate of drug-likeness (QED) is 0.878. The third-order valence-electron chi connectivity index (χ3n) is 5.76. The van der Waals surface area contributed by atoms with Crippen LogP contribution < -0.4 is 10.2 Å². The van der Waals surface area contributed by atoms with E-state index in [9.17, 15) is 0 Å². The SMILES string of the molecule is C[C@H]1CC[C@H](Nc2ncc(-c3ccc(N4CCCCC4)nc3)cn2)CC1. The molecule has 1 saturated carbocycles. The average Bonchev–Trinajstić information content (AvgIpc) is 2.71. The van der Waals surface area contributed by atoms with Crippen LogP contribution in [0.3, 0.4) is 0 Å². The first-order valence-electron chi connectivity index (χ1n) is 10.1. The molecular weight excluding hydrogens is 322 g/mol. The van der Waals surface area contributed by atoms with E-state index in [4.69, 9.17) is 0 Å². The lowest BCUT2D eigenvalue weighted by Gasteiger charge is -2.27. The summed E-state index contributed by atoms with van der Waals surface area (Å²) in [4.78, 5) is 16.1. The van der Waals surface area contributed by atoms with Crippen LogP contribution in [0.25, 0.3) is 11.1 Å². The summed E-state index contributed by atoms with van der Waals surface area (Å²) in [5, 5.41) is 3.49. The fraction of sp³-hybridized carbons (Fsp3) is 0.571. The van der Waals surface area contributed by atoms with Gasteiger partial charge in [-0.05, 0) is 63.0 Å². The van der Waals surface area contributed by atoms with Gasteiger partial charge in [0, 0.05) is 48.8 Å². The van der Waals surface area contributed by atoms with Gasteiger partial charge in [0.2, 0.25) is 5.95 Å². The van der Waals surface area contributed by atoms with E-state index in [1.54, 1.807) is 0 Å². The van der Waals surface area contributed by atoms with Crippen molar-refractivity contribution in [2.24, 2.45) is 5.92 Å². The molecule has 0 radical (unpaired) electrons. The van der Waals surface area contributed by atoms with Gasteiger partial charge < -0.3 is 10.2 Å². The number of nitrogens with zero attached hydrogens (tertiary/aromatic N) is 4. The van der Waals surface area contributed by atoms with Gasteiger partial charge in [-0.3, -0.25) is 0 Å². The summed E-state index contributed by atoms with van der Waals surface area (Å²) in [5.41, 5.74) is 2.09. The lowest BCUT2D eigenvalue weighted by atomic mass is 9.87. The molecule has 0 amide bonds. The Balaban J connectivity index is 1.38. The molecule has 1 aliphatic carbocycles. The molecule has 138 valence electrons. The highest BCUT2D eigenvalue weighted by Crippen LogP contribution is 2.26. The van der Waals surface area contributed by atoms with Crippen LogP contribution in [0.1, 0.15) is 51.9 Å². The van der Waals surface area contributed by atoms with Crippen LogP contribution in [-0.2, 0) is 0 Å². The molecule has 3 heterocycles. The molecule has 2 aliphatic rings. The summed E-state index contributed by atoms with van der Waals surface area (Å²) in [6, 6.07) is 4.77. The van der Waals surface area contributed by atoms with E-state index in [1.807, 2.05) is 18.6 Å². The standard InChI is InChI=1S/C21H29N5/c1-16-5-8-19(9-6-16)25-21-23-14-18(15-24-21)17-7-10-20(22-13-17)26-11-3-2-4-12-26/h7,10,13-16,19H,2-6,8-9,11-12H2,1H3,(H,23,24,25)/t16-,19-. The molecule has 1 saturated heterocycles. The molecule has 2 aromatic heterocycles. The molecule has 1 aliphatic heterocycles. The lowest BCUT2D eigenvalue weighted by Crippen LogP contribution is -2.29. The summed E-state index contributed by atoms with van der Waals surface area (Å²) in [6.07, 6.45) is 14.6. The van der Waals surface area contributed by atoms with E-state index in [1.165, 1.54) is 44.9 Å². The van der Waals surface area contributed by atoms with Gasteiger partial charge in [-0.2, -0.15) is 0 Å². The number of hydrogen-bond donors (Lipinski definition) is 1. The van der Waals surface area contributed by atoms with Crippen molar-refractivity contribution in [1.29, 1.82) is 0 Å². The number of aromatic nitrogens is 3. The van der Waals surface area contributed by atoms with Crippen molar-refractivity contribution in [3.05, 3.63) is 30.7 Å². The second-order valence-electron chi connectivity index (χ2n) is 7.85. The van der Waals surface area contributed by atoms with Gasteiger partial charge in [-0.15, -0.1) is 0 Å². The fourth-order valence-corrected chi connectivity index (χ4v) is 4.01. The second-order valence-corrected chi connectivity index (χ2v) is 7.85. The van der Waals surface area contributed by atoms with E-state index >= 15 is 0 Å². The minimum Gasteiger partial charge on any atom is -0.357 e. The summed E-state index contributed by atoms with van der Waals surface area (Å²) < 4.78 is 0. The number of hydrogen-bond acceptors (Lipinski definition) is 5. The van der Waals surface area contributed by atoms with Crippen LogP contribution in [-0.4, -0.2) is 34.1 Å². The normalized spacial score (nSPS) is 23.7. The molecule has 26 heavy (non-hydrogen) atoms. The lowest BCUT2D eigenvalue weighted by molar-refractivity contribution is 0.360. The van der Waals surface area contributed by atoms with Crippen LogP contribution >= 0.6 is 0 Å². The molecule has 4 rings (SSSR count). The highest BCUT2D eigenvalue weighted by molar-refractivity contribution is 5.62. The van der Waals surface area contributed by atoms with E-state index in [0.29, 0.717) is 6.04 Å². The first kappa shape index (κ1) is 17.3. The van der Waals surface area contributed by atoms with Crippen molar-refractivity contribution in [2.75, 3.05) is 23.3 Å². The molecule has 0 aromatic carbocycles. The summed E-state index contributed by atoms with van der Waals surface area (Å²) >= 11 is 0. The Morgan fingerprint density at radius 1 is 0.846 bits per heavy atom. The molecule has 0 bridgehead atoms. The first-order valence-corrected chi connectivity index (χ1v) is 10.1. The fourth-order valence-electron chi connectivity index (χ4n) is 4.01. The number of piperidine rings is 1. The summed E-state index contributed by atoms with van der Waals surface area (Å²) in [7, 11) is 0. The largest absolute Gasteiger partial charge is 0.357 e. The maximum absolute atomic E-state index is 4.66. The van der Waals surface area contributed by atoms with Crippen molar-refractivity contribution >= 4 is 11.8 Å². The maximum Gasteiger partial charge on any atom is 0.222 e. The van der Waals surface area contributed by atoms with Gasteiger partial charge in [0.1, 0.15) is 5.82 Å². The summed E-state index contributed by atoms with van der Waals surface area (Å²) in [6.45, 7) is 4.58. The molecule has 2 fully saturated rings. The second kappa shape index (κ2) is 8.02. The predicted octanol–water partition coefficient (Wildman–Crippen LogP) is 4.52. The molecule has 0 spiro atoms. The Kier molecular flexibility index (Phi) is 5.32. The molecular formula is C21H29N5. The van der Waals surface area contributed by atoms with Crippen LogP contribution in [0.2, 0.25) is 0 Å². The van der Waals surface area contributed by atoms with E-state index < -0.39 is 0 Å². The zero-order valence-electron chi connectivity index (χ0n) is 15.7. The van der Waals surface area contributed by atoms with Gasteiger partial charge >= 0.3 is 0 Å². The minimum atomic E-state index is 0.516. The molecule has 5 heteroatoms. The first-order chi connectivity index (χ1) is 12.8. The topological polar surface area (TPSA) is 53.9 Å². The molecule has 0 unspecified atom stereocenters. The van der Waals surface area contributed by atoms with Gasteiger partial charge in [-0.25, -0.2) is 15.0 Å². The Morgan fingerprint density at radius 2 is 1.54 bits per heavy atom. The van der Waals surface area contributed by atoms with Crippen LogP contribution in [0.5, 0.6) is 0 Å². The van der Waals surface area contributed by atoms with Crippen molar-refractivity contribution in [1.82, 2.24) is 15.0 Å². The Bertz CT molecular complexity index is 683. The third-order valence-corrected chi connectivity index (χ3v) is 5.76. The number of anilines is 2. The third kappa shape index (κ3) is 4.14. The zero-order valence-corrected chi connectivity index (χ0v) is 15.7. The Hall–Kier alpha value is -2.17. The summed E-state index contributed by atoms with van der Waals surface area (Å²) in [5.74, 6) is 2.68. The van der Waals surface area contributed by atoms with Crippen LogP contribution in [0.4, 0.5) is 11.8 Å². The number of rotatable bonds is 4.